The van der Waals surface area contributed by atoms with Crippen molar-refractivity contribution in [3.63, 3.8) is 0 Å². The molecule has 0 aliphatic carbocycles. The van der Waals surface area contributed by atoms with Crippen molar-refractivity contribution in [1.29, 1.82) is 0 Å². The van der Waals surface area contributed by atoms with Gasteiger partial charge in [-0.25, -0.2) is 0 Å². The molecule has 7 nitrogen and oxygen atoms in total. The Hall–Kier alpha value is -1.86. The van der Waals surface area contributed by atoms with Crippen LogP contribution in [0.1, 0.15) is 19.3 Å². The highest BCUT2D eigenvalue weighted by Gasteiger charge is 2.14. The van der Waals surface area contributed by atoms with E-state index in [1.807, 2.05) is 0 Å². The lowest BCUT2D eigenvalue weighted by atomic mass is 9.95. The van der Waals surface area contributed by atoms with Gasteiger partial charge in [-0.2, -0.15) is 4.98 Å². The first-order chi connectivity index (χ1) is 10.2. The van der Waals surface area contributed by atoms with Crippen molar-refractivity contribution in [3.05, 3.63) is 28.3 Å². The summed E-state index contributed by atoms with van der Waals surface area (Å²) in [5.41, 5.74) is 1.35. The summed E-state index contributed by atoms with van der Waals surface area (Å²) in [5, 5.41) is 14.1. The lowest BCUT2D eigenvalue weighted by Crippen LogP contribution is -2.28. The van der Waals surface area contributed by atoms with Crippen LogP contribution < -0.4 is 10.1 Å². The Labute approximate surface area is 134 Å². The van der Waals surface area contributed by atoms with Crippen molar-refractivity contribution in [3.8, 4) is 6.01 Å². The monoisotopic (exact) mass is 326 g/mol. The van der Waals surface area contributed by atoms with Crippen LogP contribution >= 0.6 is 12.4 Å². The van der Waals surface area contributed by atoms with Crippen LogP contribution in [0.2, 0.25) is 0 Å². The number of nitro groups is 1. The van der Waals surface area contributed by atoms with Crippen molar-refractivity contribution in [1.82, 2.24) is 15.3 Å². The molecule has 0 spiro atoms. The highest BCUT2D eigenvalue weighted by Crippen LogP contribution is 2.22. The second-order valence-electron chi connectivity index (χ2n) is 5.33. The number of fused-ring (bicyclic) bond motifs is 1. The number of hydrogen-bond donors (Lipinski definition) is 2. The van der Waals surface area contributed by atoms with Gasteiger partial charge in [0.1, 0.15) is 0 Å². The molecular formula is C14H19ClN4O3. The number of nitrogens with one attached hydrogen (secondary N) is 2. The summed E-state index contributed by atoms with van der Waals surface area (Å²) in [7, 11) is 0. The van der Waals surface area contributed by atoms with E-state index in [9.17, 15) is 10.1 Å². The number of aromatic amines is 1. The van der Waals surface area contributed by atoms with Crippen LogP contribution in [0.4, 0.5) is 5.69 Å². The Morgan fingerprint density at radius 3 is 2.86 bits per heavy atom. The number of hydrogen-bond acceptors (Lipinski definition) is 5. The van der Waals surface area contributed by atoms with Gasteiger partial charge in [-0.15, -0.1) is 12.4 Å². The van der Waals surface area contributed by atoms with Crippen molar-refractivity contribution in [2.45, 2.75) is 19.3 Å². The van der Waals surface area contributed by atoms with E-state index in [1.54, 1.807) is 6.07 Å². The van der Waals surface area contributed by atoms with Crippen molar-refractivity contribution >= 4 is 29.1 Å². The number of halogens is 1. The molecule has 22 heavy (non-hydrogen) atoms. The first-order valence-corrected chi connectivity index (χ1v) is 7.20. The molecule has 0 amide bonds. The van der Waals surface area contributed by atoms with Crippen molar-refractivity contribution in [2.75, 3.05) is 19.7 Å². The number of ether oxygens (including phenoxy) is 1. The van der Waals surface area contributed by atoms with Crippen LogP contribution in [-0.4, -0.2) is 34.6 Å². The average molecular weight is 327 g/mol. The van der Waals surface area contributed by atoms with Crippen molar-refractivity contribution in [2.24, 2.45) is 5.92 Å². The molecule has 0 radical (unpaired) electrons. The quantitative estimate of drug-likeness (QED) is 0.651. The van der Waals surface area contributed by atoms with E-state index in [0.717, 1.165) is 19.5 Å². The molecule has 3 rings (SSSR count). The second-order valence-corrected chi connectivity index (χ2v) is 5.33. The number of nitro benzene ring substituents is 1. The maximum absolute atomic E-state index is 10.7. The van der Waals surface area contributed by atoms with E-state index in [2.05, 4.69) is 15.3 Å². The Morgan fingerprint density at radius 1 is 1.36 bits per heavy atom. The summed E-state index contributed by atoms with van der Waals surface area (Å²) in [5.74, 6) is 0.705. The van der Waals surface area contributed by atoms with Crippen LogP contribution in [0.5, 0.6) is 6.01 Å². The lowest BCUT2D eigenvalue weighted by Gasteiger charge is -2.22. The normalized spacial score (nSPS) is 15.5. The molecule has 1 saturated heterocycles. The topological polar surface area (TPSA) is 93.1 Å². The SMILES string of the molecule is Cl.O=[N+]([O-])c1ccc2nc(OCCC3CCNCC3)[nH]c2c1. The molecule has 8 heteroatoms. The molecule has 0 unspecified atom stereocenters. The zero-order chi connectivity index (χ0) is 14.7. The van der Waals surface area contributed by atoms with Gasteiger partial charge in [-0.3, -0.25) is 10.1 Å². The molecule has 1 aromatic heterocycles. The van der Waals surface area contributed by atoms with Gasteiger partial charge >= 0.3 is 0 Å². The summed E-state index contributed by atoms with van der Waals surface area (Å²) >= 11 is 0. The third kappa shape index (κ3) is 3.86. The standard InChI is InChI=1S/C14H18N4O3.ClH/c19-18(20)11-1-2-12-13(9-11)17-14(16-12)21-8-5-10-3-6-15-7-4-10;/h1-2,9-10,15H,3-8H2,(H,16,17);1H. The summed E-state index contributed by atoms with van der Waals surface area (Å²) < 4.78 is 5.64. The van der Waals surface area contributed by atoms with Crippen LogP contribution in [0.25, 0.3) is 11.0 Å². The minimum atomic E-state index is -0.419. The van der Waals surface area contributed by atoms with E-state index in [-0.39, 0.29) is 18.1 Å². The number of rotatable bonds is 5. The smallest absolute Gasteiger partial charge is 0.294 e. The molecule has 2 heterocycles. The predicted octanol–water partition coefficient (Wildman–Crippen LogP) is 2.66. The first-order valence-electron chi connectivity index (χ1n) is 7.20. The molecule has 2 aromatic rings. The zero-order valence-electron chi connectivity index (χ0n) is 12.1. The summed E-state index contributed by atoms with van der Waals surface area (Å²) in [6.07, 6.45) is 3.39. The first kappa shape index (κ1) is 16.5. The highest BCUT2D eigenvalue weighted by molar-refractivity contribution is 5.85. The van der Waals surface area contributed by atoms with Gasteiger partial charge in [0.25, 0.3) is 11.7 Å². The predicted molar refractivity (Wildman–Crippen MR) is 85.7 cm³/mol. The van der Waals surface area contributed by atoms with Gasteiger partial charge in [0.15, 0.2) is 0 Å². The largest absolute Gasteiger partial charge is 0.465 e. The Bertz CT molecular complexity index is 640. The molecule has 120 valence electrons. The van der Waals surface area contributed by atoms with Gasteiger partial charge < -0.3 is 15.0 Å². The van der Waals surface area contributed by atoms with E-state index in [1.165, 1.54) is 25.0 Å². The van der Waals surface area contributed by atoms with Crippen LogP contribution in [0, 0.1) is 16.0 Å². The maximum atomic E-state index is 10.7. The van der Waals surface area contributed by atoms with Crippen LogP contribution in [0.15, 0.2) is 18.2 Å². The van der Waals surface area contributed by atoms with E-state index in [4.69, 9.17) is 4.74 Å². The maximum Gasteiger partial charge on any atom is 0.294 e. The van der Waals surface area contributed by atoms with E-state index in [0.29, 0.717) is 29.6 Å². The van der Waals surface area contributed by atoms with Gasteiger partial charge in [0.2, 0.25) is 0 Å². The molecular weight excluding hydrogens is 308 g/mol. The minimum Gasteiger partial charge on any atom is -0.465 e. The summed E-state index contributed by atoms with van der Waals surface area (Å²) in [6.45, 7) is 2.78. The lowest BCUT2D eigenvalue weighted by molar-refractivity contribution is -0.384. The fourth-order valence-electron chi connectivity index (χ4n) is 2.65. The third-order valence-electron chi connectivity index (χ3n) is 3.88. The molecule has 0 saturated carbocycles. The molecule has 1 aliphatic heterocycles. The van der Waals surface area contributed by atoms with Gasteiger partial charge in [-0.05, 0) is 44.3 Å². The van der Waals surface area contributed by atoms with E-state index < -0.39 is 4.92 Å². The Kier molecular flexibility index (Phi) is 5.57. The minimum absolute atomic E-state index is 0. The fourth-order valence-corrected chi connectivity index (χ4v) is 2.65. The summed E-state index contributed by atoms with van der Waals surface area (Å²) in [6, 6.07) is 4.98. The molecule has 2 N–H and O–H groups in total. The van der Waals surface area contributed by atoms with Gasteiger partial charge in [0.05, 0.1) is 22.6 Å². The number of nitrogens with zero attached hydrogens (tertiary/aromatic N) is 2. The fraction of sp³-hybridized carbons (Fsp3) is 0.500. The average Bonchev–Trinajstić information content (AvgIpc) is 2.90. The second kappa shape index (κ2) is 7.42. The molecule has 1 aromatic carbocycles. The van der Waals surface area contributed by atoms with Crippen molar-refractivity contribution < 1.29 is 9.66 Å². The number of non-ortho nitro benzene ring substituents is 1. The zero-order valence-corrected chi connectivity index (χ0v) is 12.9. The van der Waals surface area contributed by atoms with E-state index >= 15 is 0 Å². The summed E-state index contributed by atoms with van der Waals surface area (Å²) in [4.78, 5) is 17.6. The Morgan fingerprint density at radius 2 is 2.14 bits per heavy atom. The number of H-pyrrole nitrogens is 1. The van der Waals surface area contributed by atoms with Crippen LogP contribution in [-0.2, 0) is 0 Å². The van der Waals surface area contributed by atoms with Gasteiger partial charge in [0, 0.05) is 12.1 Å². The Balaban J connectivity index is 0.00000176. The third-order valence-corrected chi connectivity index (χ3v) is 3.88. The molecule has 0 bridgehead atoms. The van der Waals surface area contributed by atoms with Crippen LogP contribution in [0.3, 0.4) is 0 Å². The number of imidazole rings is 1. The van der Waals surface area contributed by atoms with Gasteiger partial charge in [-0.1, -0.05) is 0 Å². The molecule has 1 fully saturated rings. The molecule has 1 aliphatic rings. The number of aromatic nitrogens is 2. The molecule has 0 atom stereocenters. The highest BCUT2D eigenvalue weighted by atomic mass is 35.5. The number of benzene rings is 1. The number of piperidine rings is 1.